The van der Waals surface area contributed by atoms with Gasteiger partial charge in [-0.25, -0.2) is 4.39 Å². The van der Waals surface area contributed by atoms with Gasteiger partial charge in [-0.15, -0.1) is 0 Å². The van der Waals surface area contributed by atoms with Crippen LogP contribution in [0.5, 0.6) is 5.75 Å². The lowest BCUT2D eigenvalue weighted by Gasteiger charge is -2.26. The number of pyridine rings is 1. The molecular weight excluding hydrogens is 373 g/mol. The summed E-state index contributed by atoms with van der Waals surface area (Å²) in [6.45, 7) is 3.10. The molecule has 1 atom stereocenters. The lowest BCUT2D eigenvalue weighted by atomic mass is 9.96. The zero-order valence-electron chi connectivity index (χ0n) is 16.7. The van der Waals surface area contributed by atoms with Gasteiger partial charge in [0, 0.05) is 55.9 Å². The Bertz CT molecular complexity index is 962. The van der Waals surface area contributed by atoms with Crippen molar-refractivity contribution in [3.63, 3.8) is 0 Å². The van der Waals surface area contributed by atoms with E-state index in [0.29, 0.717) is 54.9 Å². The Balaban J connectivity index is 1.55. The molecule has 1 saturated heterocycles. The standard InChI is InChI=1S/C22H24FN3O3/c1-3-21(27)26-7-6-16(13-26)29-17-8-15(11-24-12-17)18-9-14-4-5-22(28)25(2)20(14)10-19(18)23/h8-12,16H,3-7,13H2,1-2H3/t16-/m0/s1. The molecule has 1 aromatic carbocycles. The molecule has 0 aliphatic carbocycles. The number of likely N-dealkylation sites (tertiary alicyclic amines) is 1. The van der Waals surface area contributed by atoms with Crippen molar-refractivity contribution in [1.29, 1.82) is 0 Å². The number of carbonyl (C=O) groups is 2. The highest BCUT2D eigenvalue weighted by Crippen LogP contribution is 2.34. The SMILES string of the molecule is CCC(=O)N1CC[C@H](Oc2cncc(-c3cc4c(cc3F)N(C)C(=O)CC4)c2)C1. The summed E-state index contributed by atoms with van der Waals surface area (Å²) in [6, 6.07) is 4.99. The number of amides is 2. The van der Waals surface area contributed by atoms with Crippen molar-refractivity contribution in [3.05, 3.63) is 42.0 Å². The molecular formula is C22H24FN3O3. The summed E-state index contributed by atoms with van der Waals surface area (Å²) >= 11 is 0. The molecule has 2 aromatic rings. The van der Waals surface area contributed by atoms with Gasteiger partial charge >= 0.3 is 0 Å². The second kappa shape index (κ2) is 7.81. The van der Waals surface area contributed by atoms with Gasteiger partial charge in [0.1, 0.15) is 17.7 Å². The molecule has 2 aliphatic heterocycles. The number of hydrogen-bond donors (Lipinski definition) is 0. The van der Waals surface area contributed by atoms with Crippen LogP contribution in [-0.4, -0.2) is 47.9 Å². The molecule has 2 amide bonds. The maximum absolute atomic E-state index is 14.8. The van der Waals surface area contributed by atoms with Crippen LogP contribution in [0.2, 0.25) is 0 Å². The first-order valence-electron chi connectivity index (χ1n) is 9.95. The van der Waals surface area contributed by atoms with Crippen LogP contribution in [-0.2, 0) is 16.0 Å². The number of hydrogen-bond acceptors (Lipinski definition) is 4. The van der Waals surface area contributed by atoms with E-state index in [2.05, 4.69) is 4.98 Å². The number of aryl methyl sites for hydroxylation is 1. The summed E-state index contributed by atoms with van der Waals surface area (Å²) in [5.74, 6) is 0.281. The number of benzene rings is 1. The van der Waals surface area contributed by atoms with Crippen LogP contribution in [0.4, 0.5) is 10.1 Å². The van der Waals surface area contributed by atoms with Gasteiger partial charge in [0.05, 0.1) is 12.7 Å². The number of aromatic nitrogens is 1. The molecule has 3 heterocycles. The lowest BCUT2D eigenvalue weighted by Crippen LogP contribution is -2.31. The number of fused-ring (bicyclic) bond motifs is 1. The average Bonchev–Trinajstić information content (AvgIpc) is 3.19. The van der Waals surface area contributed by atoms with E-state index in [1.54, 1.807) is 31.6 Å². The normalized spacial score (nSPS) is 18.7. The summed E-state index contributed by atoms with van der Waals surface area (Å²) in [5.41, 5.74) is 2.63. The van der Waals surface area contributed by atoms with Gasteiger partial charge in [-0.2, -0.15) is 0 Å². The second-order valence-electron chi connectivity index (χ2n) is 7.54. The molecule has 4 rings (SSSR count). The van der Waals surface area contributed by atoms with Crippen molar-refractivity contribution in [3.8, 4) is 16.9 Å². The Morgan fingerprint density at radius 3 is 2.90 bits per heavy atom. The molecule has 0 N–H and O–H groups in total. The molecule has 0 saturated carbocycles. The number of nitrogens with zero attached hydrogens (tertiary/aromatic N) is 3. The summed E-state index contributed by atoms with van der Waals surface area (Å²) < 4.78 is 20.8. The van der Waals surface area contributed by atoms with Crippen LogP contribution >= 0.6 is 0 Å². The Labute approximate surface area is 169 Å². The van der Waals surface area contributed by atoms with E-state index in [-0.39, 0.29) is 17.9 Å². The molecule has 2 aliphatic rings. The summed E-state index contributed by atoms with van der Waals surface area (Å²) in [7, 11) is 1.67. The predicted octanol–water partition coefficient (Wildman–Crippen LogP) is 3.19. The highest BCUT2D eigenvalue weighted by molar-refractivity contribution is 5.96. The zero-order chi connectivity index (χ0) is 20.5. The number of carbonyl (C=O) groups excluding carboxylic acids is 2. The summed E-state index contributed by atoms with van der Waals surface area (Å²) in [6.07, 6.45) is 5.40. The van der Waals surface area contributed by atoms with Gasteiger partial charge < -0.3 is 14.5 Å². The fourth-order valence-corrected chi connectivity index (χ4v) is 3.98. The molecule has 29 heavy (non-hydrogen) atoms. The van der Waals surface area contributed by atoms with Crippen molar-refractivity contribution in [1.82, 2.24) is 9.88 Å². The van der Waals surface area contributed by atoms with E-state index in [1.807, 2.05) is 11.8 Å². The number of rotatable bonds is 4. The Kier molecular flexibility index (Phi) is 5.22. The van der Waals surface area contributed by atoms with Gasteiger partial charge in [-0.05, 0) is 30.2 Å². The maximum atomic E-state index is 14.8. The second-order valence-corrected chi connectivity index (χ2v) is 7.54. The average molecular weight is 397 g/mol. The Morgan fingerprint density at radius 2 is 2.10 bits per heavy atom. The highest BCUT2D eigenvalue weighted by atomic mass is 19.1. The smallest absolute Gasteiger partial charge is 0.227 e. The molecule has 0 spiro atoms. The monoisotopic (exact) mass is 397 g/mol. The Morgan fingerprint density at radius 1 is 1.28 bits per heavy atom. The van der Waals surface area contributed by atoms with Crippen LogP contribution in [0, 0.1) is 5.82 Å². The van der Waals surface area contributed by atoms with Crippen molar-refractivity contribution in [2.45, 2.75) is 38.7 Å². The molecule has 0 bridgehead atoms. The van der Waals surface area contributed by atoms with Gasteiger partial charge in [-0.1, -0.05) is 6.92 Å². The van der Waals surface area contributed by atoms with E-state index >= 15 is 0 Å². The van der Waals surface area contributed by atoms with Crippen LogP contribution < -0.4 is 9.64 Å². The number of anilines is 1. The summed E-state index contributed by atoms with van der Waals surface area (Å²) in [4.78, 5) is 31.2. The van der Waals surface area contributed by atoms with Gasteiger partial charge in [0.15, 0.2) is 0 Å². The minimum absolute atomic E-state index is 0.00567. The van der Waals surface area contributed by atoms with Crippen LogP contribution in [0.1, 0.15) is 31.7 Å². The van der Waals surface area contributed by atoms with E-state index in [0.717, 1.165) is 12.0 Å². The zero-order valence-corrected chi connectivity index (χ0v) is 16.7. The van der Waals surface area contributed by atoms with Gasteiger partial charge in [-0.3, -0.25) is 14.6 Å². The molecule has 7 heteroatoms. The molecule has 1 fully saturated rings. The molecule has 0 unspecified atom stereocenters. The highest BCUT2D eigenvalue weighted by Gasteiger charge is 2.27. The van der Waals surface area contributed by atoms with E-state index in [1.165, 1.54) is 11.0 Å². The van der Waals surface area contributed by atoms with Crippen molar-refractivity contribution in [2.75, 3.05) is 25.0 Å². The molecule has 6 nitrogen and oxygen atoms in total. The van der Waals surface area contributed by atoms with Crippen LogP contribution in [0.3, 0.4) is 0 Å². The third-order valence-corrected chi connectivity index (χ3v) is 5.64. The predicted molar refractivity (Wildman–Crippen MR) is 107 cm³/mol. The minimum Gasteiger partial charge on any atom is -0.487 e. The van der Waals surface area contributed by atoms with Gasteiger partial charge in [0.25, 0.3) is 0 Å². The lowest BCUT2D eigenvalue weighted by molar-refractivity contribution is -0.130. The van der Waals surface area contributed by atoms with Crippen molar-refractivity contribution < 1.29 is 18.7 Å². The topological polar surface area (TPSA) is 62.7 Å². The third-order valence-electron chi connectivity index (χ3n) is 5.64. The van der Waals surface area contributed by atoms with E-state index in [4.69, 9.17) is 4.74 Å². The maximum Gasteiger partial charge on any atom is 0.227 e. The molecule has 1 aromatic heterocycles. The fourth-order valence-electron chi connectivity index (χ4n) is 3.98. The van der Waals surface area contributed by atoms with Gasteiger partial charge in [0.2, 0.25) is 11.8 Å². The summed E-state index contributed by atoms with van der Waals surface area (Å²) in [5, 5.41) is 0. The quantitative estimate of drug-likeness (QED) is 0.795. The minimum atomic E-state index is -0.398. The number of halogens is 1. The van der Waals surface area contributed by atoms with Crippen LogP contribution in [0.25, 0.3) is 11.1 Å². The first kappa shape index (κ1) is 19.4. The first-order valence-corrected chi connectivity index (χ1v) is 9.95. The van der Waals surface area contributed by atoms with Crippen molar-refractivity contribution in [2.24, 2.45) is 0 Å². The molecule has 152 valence electrons. The third kappa shape index (κ3) is 3.81. The largest absolute Gasteiger partial charge is 0.487 e. The number of ether oxygens (including phenoxy) is 1. The Hall–Kier alpha value is -2.96. The van der Waals surface area contributed by atoms with Crippen LogP contribution in [0.15, 0.2) is 30.6 Å². The van der Waals surface area contributed by atoms with Crippen molar-refractivity contribution >= 4 is 17.5 Å². The molecule has 0 radical (unpaired) electrons. The first-order chi connectivity index (χ1) is 14.0. The fraction of sp³-hybridized carbons (Fsp3) is 0.409. The van der Waals surface area contributed by atoms with E-state index in [9.17, 15) is 14.0 Å². The van der Waals surface area contributed by atoms with E-state index < -0.39 is 5.82 Å².